The Morgan fingerprint density at radius 3 is 2.81 bits per heavy atom. The maximum atomic E-state index is 12.1. The normalized spacial score (nSPS) is 21.0. The number of carbonyl (C=O) groups excluding carboxylic acids is 1. The Labute approximate surface area is 124 Å². The number of hydrogen-bond acceptors (Lipinski definition) is 3. The SMILES string of the molecule is COc1cccc(CCNC(=O)[C@@H]2CCC[C@@H]2C(=O)O)c1. The van der Waals surface area contributed by atoms with Gasteiger partial charge in [0, 0.05) is 6.54 Å². The van der Waals surface area contributed by atoms with E-state index in [1.807, 2.05) is 24.3 Å². The molecule has 0 spiro atoms. The number of ether oxygens (including phenoxy) is 1. The maximum Gasteiger partial charge on any atom is 0.307 e. The van der Waals surface area contributed by atoms with E-state index in [0.29, 0.717) is 25.8 Å². The first kappa shape index (κ1) is 15.4. The average molecular weight is 291 g/mol. The molecule has 21 heavy (non-hydrogen) atoms. The Kier molecular flexibility index (Phi) is 5.20. The van der Waals surface area contributed by atoms with Gasteiger partial charge in [-0.1, -0.05) is 18.6 Å². The van der Waals surface area contributed by atoms with Gasteiger partial charge in [0.15, 0.2) is 0 Å². The minimum Gasteiger partial charge on any atom is -0.497 e. The summed E-state index contributed by atoms with van der Waals surface area (Å²) < 4.78 is 5.15. The molecule has 2 rings (SSSR count). The highest BCUT2D eigenvalue weighted by Gasteiger charge is 2.37. The van der Waals surface area contributed by atoms with Gasteiger partial charge in [-0.2, -0.15) is 0 Å². The number of carboxylic acid groups (broad SMARTS) is 1. The summed E-state index contributed by atoms with van der Waals surface area (Å²) in [5.41, 5.74) is 1.08. The standard InChI is InChI=1S/C16H21NO4/c1-21-12-5-2-4-11(10-12)8-9-17-15(18)13-6-3-7-14(13)16(19)20/h2,4-5,10,13-14H,3,6-9H2,1H3,(H,17,18)(H,19,20)/t13-,14+/m1/s1. The lowest BCUT2D eigenvalue weighted by Gasteiger charge is -2.15. The van der Waals surface area contributed by atoms with E-state index >= 15 is 0 Å². The van der Waals surface area contributed by atoms with Crippen LogP contribution in [-0.2, 0) is 16.0 Å². The molecule has 5 heteroatoms. The van der Waals surface area contributed by atoms with Crippen molar-refractivity contribution in [3.63, 3.8) is 0 Å². The van der Waals surface area contributed by atoms with Crippen LogP contribution in [0.2, 0.25) is 0 Å². The molecule has 0 heterocycles. The molecule has 0 radical (unpaired) electrons. The van der Waals surface area contributed by atoms with E-state index in [-0.39, 0.29) is 11.8 Å². The van der Waals surface area contributed by atoms with Crippen molar-refractivity contribution >= 4 is 11.9 Å². The zero-order valence-electron chi connectivity index (χ0n) is 12.2. The molecular weight excluding hydrogens is 270 g/mol. The molecule has 0 aromatic heterocycles. The second-order valence-corrected chi connectivity index (χ2v) is 5.37. The molecule has 1 saturated carbocycles. The molecule has 1 amide bonds. The van der Waals surface area contributed by atoms with Crippen molar-refractivity contribution in [2.75, 3.05) is 13.7 Å². The highest BCUT2D eigenvalue weighted by Crippen LogP contribution is 2.31. The topological polar surface area (TPSA) is 75.6 Å². The highest BCUT2D eigenvalue weighted by atomic mass is 16.5. The van der Waals surface area contributed by atoms with Gasteiger partial charge < -0.3 is 15.2 Å². The van der Waals surface area contributed by atoms with Gasteiger partial charge in [-0.25, -0.2) is 0 Å². The number of amides is 1. The summed E-state index contributed by atoms with van der Waals surface area (Å²) in [7, 11) is 1.62. The molecule has 1 aliphatic rings. The van der Waals surface area contributed by atoms with Crippen LogP contribution in [0.4, 0.5) is 0 Å². The Morgan fingerprint density at radius 2 is 2.10 bits per heavy atom. The number of nitrogens with one attached hydrogen (secondary N) is 1. The van der Waals surface area contributed by atoms with Crippen molar-refractivity contribution in [2.45, 2.75) is 25.7 Å². The molecule has 0 saturated heterocycles. The molecular formula is C16H21NO4. The van der Waals surface area contributed by atoms with Crippen LogP contribution in [0.15, 0.2) is 24.3 Å². The first-order chi connectivity index (χ1) is 10.1. The lowest BCUT2D eigenvalue weighted by atomic mass is 9.95. The number of carbonyl (C=O) groups is 2. The summed E-state index contributed by atoms with van der Waals surface area (Å²) in [6.45, 7) is 0.509. The predicted molar refractivity (Wildman–Crippen MR) is 78.2 cm³/mol. The molecule has 0 bridgehead atoms. The van der Waals surface area contributed by atoms with E-state index in [4.69, 9.17) is 9.84 Å². The molecule has 1 aromatic rings. The van der Waals surface area contributed by atoms with Gasteiger partial charge in [0.05, 0.1) is 18.9 Å². The van der Waals surface area contributed by atoms with E-state index in [9.17, 15) is 9.59 Å². The lowest BCUT2D eigenvalue weighted by molar-refractivity contribution is -0.146. The fraction of sp³-hybridized carbons (Fsp3) is 0.500. The number of methoxy groups -OCH3 is 1. The number of rotatable bonds is 6. The third-order valence-corrected chi connectivity index (χ3v) is 4.02. The van der Waals surface area contributed by atoms with E-state index in [1.165, 1.54) is 0 Å². The third kappa shape index (κ3) is 3.97. The van der Waals surface area contributed by atoms with Crippen LogP contribution >= 0.6 is 0 Å². The van der Waals surface area contributed by atoms with Crippen molar-refractivity contribution in [3.8, 4) is 5.75 Å². The summed E-state index contributed by atoms with van der Waals surface area (Å²) in [5.74, 6) is -1.11. The summed E-state index contributed by atoms with van der Waals surface area (Å²) in [6.07, 6.45) is 2.78. The van der Waals surface area contributed by atoms with Gasteiger partial charge in [0.2, 0.25) is 5.91 Å². The zero-order valence-corrected chi connectivity index (χ0v) is 12.2. The van der Waals surface area contributed by atoms with Crippen LogP contribution in [-0.4, -0.2) is 30.6 Å². The molecule has 5 nitrogen and oxygen atoms in total. The van der Waals surface area contributed by atoms with Crippen LogP contribution < -0.4 is 10.1 Å². The van der Waals surface area contributed by atoms with Gasteiger partial charge in [-0.05, 0) is 37.0 Å². The number of hydrogen-bond donors (Lipinski definition) is 2. The molecule has 114 valence electrons. The minimum atomic E-state index is -0.861. The van der Waals surface area contributed by atoms with Gasteiger partial charge in [0.25, 0.3) is 0 Å². The first-order valence-electron chi connectivity index (χ1n) is 7.25. The van der Waals surface area contributed by atoms with Crippen molar-refractivity contribution < 1.29 is 19.4 Å². The molecule has 2 N–H and O–H groups in total. The smallest absolute Gasteiger partial charge is 0.307 e. The Hall–Kier alpha value is -2.04. The van der Waals surface area contributed by atoms with Crippen LogP contribution in [0.5, 0.6) is 5.75 Å². The average Bonchev–Trinajstić information content (AvgIpc) is 2.97. The summed E-state index contributed by atoms with van der Waals surface area (Å²) in [4.78, 5) is 23.2. The second-order valence-electron chi connectivity index (χ2n) is 5.37. The first-order valence-corrected chi connectivity index (χ1v) is 7.25. The maximum absolute atomic E-state index is 12.1. The molecule has 1 aliphatic carbocycles. The van der Waals surface area contributed by atoms with Gasteiger partial charge >= 0.3 is 5.97 Å². The van der Waals surface area contributed by atoms with Crippen LogP contribution in [0.3, 0.4) is 0 Å². The van der Waals surface area contributed by atoms with Crippen LogP contribution in [0.1, 0.15) is 24.8 Å². The third-order valence-electron chi connectivity index (χ3n) is 4.02. The highest BCUT2D eigenvalue weighted by molar-refractivity contribution is 5.85. The zero-order chi connectivity index (χ0) is 15.2. The summed E-state index contributed by atoms with van der Waals surface area (Å²) in [6, 6.07) is 7.69. The van der Waals surface area contributed by atoms with Crippen molar-refractivity contribution in [1.29, 1.82) is 0 Å². The van der Waals surface area contributed by atoms with E-state index < -0.39 is 11.9 Å². The fourth-order valence-corrected chi connectivity index (χ4v) is 2.86. The monoisotopic (exact) mass is 291 g/mol. The summed E-state index contributed by atoms with van der Waals surface area (Å²) in [5, 5.41) is 12.0. The lowest BCUT2D eigenvalue weighted by Crippen LogP contribution is -2.36. The second kappa shape index (κ2) is 7.11. The fourth-order valence-electron chi connectivity index (χ4n) is 2.86. The number of carboxylic acids is 1. The molecule has 2 atom stereocenters. The Morgan fingerprint density at radius 1 is 1.33 bits per heavy atom. The molecule has 1 aromatic carbocycles. The van der Waals surface area contributed by atoms with Crippen LogP contribution in [0.25, 0.3) is 0 Å². The van der Waals surface area contributed by atoms with E-state index in [2.05, 4.69) is 5.32 Å². The van der Waals surface area contributed by atoms with E-state index in [0.717, 1.165) is 17.7 Å². The number of benzene rings is 1. The Balaban J connectivity index is 1.82. The molecule has 0 unspecified atom stereocenters. The molecule has 0 aliphatic heterocycles. The van der Waals surface area contributed by atoms with Gasteiger partial charge in [-0.15, -0.1) is 0 Å². The van der Waals surface area contributed by atoms with Crippen LogP contribution in [0, 0.1) is 11.8 Å². The summed E-state index contributed by atoms with van der Waals surface area (Å²) >= 11 is 0. The van der Waals surface area contributed by atoms with Crippen molar-refractivity contribution in [2.24, 2.45) is 11.8 Å². The van der Waals surface area contributed by atoms with Crippen molar-refractivity contribution in [3.05, 3.63) is 29.8 Å². The minimum absolute atomic E-state index is 0.136. The Bertz CT molecular complexity index is 515. The van der Waals surface area contributed by atoms with Gasteiger partial charge in [-0.3, -0.25) is 9.59 Å². The quantitative estimate of drug-likeness (QED) is 0.838. The largest absolute Gasteiger partial charge is 0.497 e. The number of aliphatic carboxylic acids is 1. The predicted octanol–water partition coefficient (Wildman–Crippen LogP) is 1.85. The van der Waals surface area contributed by atoms with Crippen molar-refractivity contribution in [1.82, 2.24) is 5.32 Å². The van der Waals surface area contributed by atoms with E-state index in [1.54, 1.807) is 7.11 Å². The van der Waals surface area contributed by atoms with Gasteiger partial charge in [0.1, 0.15) is 5.75 Å². The molecule has 1 fully saturated rings.